The van der Waals surface area contributed by atoms with Crippen LogP contribution in [0.3, 0.4) is 0 Å². The number of carbonyl (C=O) groups excluding carboxylic acids is 2. The standard InChI is InChI=1S/C20H22N2O3/c1-14-8-9-16(18(23)21-13-20(25)10-5-11-20)12-17(14)22-19(24)15-6-3-2-4-7-15/h2-4,6-9,12,25H,5,10-11,13H2,1H3,(H,21,23)(H,22,24). The lowest BCUT2D eigenvalue weighted by molar-refractivity contribution is -0.0300. The van der Waals surface area contributed by atoms with Crippen molar-refractivity contribution in [3.63, 3.8) is 0 Å². The third-order valence-corrected chi connectivity index (χ3v) is 4.65. The molecule has 0 atom stereocenters. The summed E-state index contributed by atoms with van der Waals surface area (Å²) in [4.78, 5) is 24.6. The smallest absolute Gasteiger partial charge is 0.255 e. The Bertz CT molecular complexity index is 783. The topological polar surface area (TPSA) is 78.4 Å². The first-order valence-corrected chi connectivity index (χ1v) is 8.44. The maximum atomic E-state index is 12.3. The molecule has 3 rings (SSSR count). The molecule has 0 bridgehead atoms. The van der Waals surface area contributed by atoms with Crippen molar-refractivity contribution in [1.82, 2.24) is 5.32 Å². The molecule has 0 aliphatic heterocycles. The van der Waals surface area contributed by atoms with E-state index in [0.29, 0.717) is 16.8 Å². The highest BCUT2D eigenvalue weighted by Crippen LogP contribution is 2.30. The molecule has 130 valence electrons. The number of hydrogen-bond acceptors (Lipinski definition) is 3. The zero-order chi connectivity index (χ0) is 17.9. The predicted octanol–water partition coefficient (Wildman–Crippen LogP) is 2.89. The van der Waals surface area contributed by atoms with Gasteiger partial charge in [0.25, 0.3) is 11.8 Å². The lowest BCUT2D eigenvalue weighted by atomic mass is 9.80. The normalized spacial score (nSPS) is 15.1. The molecule has 1 aliphatic carbocycles. The van der Waals surface area contributed by atoms with E-state index < -0.39 is 5.60 Å². The van der Waals surface area contributed by atoms with Crippen molar-refractivity contribution in [2.75, 3.05) is 11.9 Å². The summed E-state index contributed by atoms with van der Waals surface area (Å²) in [6, 6.07) is 14.1. The Morgan fingerprint density at radius 1 is 1.04 bits per heavy atom. The van der Waals surface area contributed by atoms with Crippen LogP contribution in [0.2, 0.25) is 0 Å². The third kappa shape index (κ3) is 4.06. The van der Waals surface area contributed by atoms with Crippen LogP contribution in [0.25, 0.3) is 0 Å². The van der Waals surface area contributed by atoms with E-state index in [2.05, 4.69) is 10.6 Å². The van der Waals surface area contributed by atoms with Gasteiger partial charge in [-0.05, 0) is 56.0 Å². The van der Waals surface area contributed by atoms with Gasteiger partial charge in [0.1, 0.15) is 0 Å². The molecule has 1 saturated carbocycles. The number of amides is 2. The Balaban J connectivity index is 1.69. The van der Waals surface area contributed by atoms with Crippen molar-refractivity contribution in [2.24, 2.45) is 0 Å². The molecule has 5 heteroatoms. The van der Waals surface area contributed by atoms with Gasteiger partial charge in [-0.25, -0.2) is 0 Å². The lowest BCUT2D eigenvalue weighted by Gasteiger charge is -2.36. The molecule has 2 aromatic rings. The minimum absolute atomic E-state index is 0.218. The molecule has 2 amide bonds. The molecule has 0 spiro atoms. The molecule has 0 saturated heterocycles. The van der Waals surface area contributed by atoms with Gasteiger partial charge in [0.2, 0.25) is 0 Å². The molecule has 5 nitrogen and oxygen atoms in total. The number of aryl methyl sites for hydroxylation is 1. The number of rotatable bonds is 5. The van der Waals surface area contributed by atoms with Crippen molar-refractivity contribution < 1.29 is 14.7 Å². The quantitative estimate of drug-likeness (QED) is 0.784. The summed E-state index contributed by atoms with van der Waals surface area (Å²) in [5, 5.41) is 15.7. The SMILES string of the molecule is Cc1ccc(C(=O)NCC2(O)CCC2)cc1NC(=O)c1ccccc1. The van der Waals surface area contributed by atoms with E-state index in [1.165, 1.54) is 0 Å². The highest BCUT2D eigenvalue weighted by Gasteiger charge is 2.34. The minimum Gasteiger partial charge on any atom is -0.388 e. The van der Waals surface area contributed by atoms with Gasteiger partial charge in [-0.1, -0.05) is 24.3 Å². The number of benzene rings is 2. The highest BCUT2D eigenvalue weighted by atomic mass is 16.3. The summed E-state index contributed by atoms with van der Waals surface area (Å²) in [6.07, 6.45) is 2.44. The average molecular weight is 338 g/mol. The Morgan fingerprint density at radius 3 is 2.40 bits per heavy atom. The van der Waals surface area contributed by atoms with E-state index in [4.69, 9.17) is 0 Å². The molecule has 3 N–H and O–H groups in total. The maximum Gasteiger partial charge on any atom is 0.255 e. The van der Waals surface area contributed by atoms with Crippen molar-refractivity contribution >= 4 is 17.5 Å². The van der Waals surface area contributed by atoms with E-state index in [1.807, 2.05) is 13.0 Å². The Morgan fingerprint density at radius 2 is 1.76 bits per heavy atom. The fraction of sp³-hybridized carbons (Fsp3) is 0.300. The first-order chi connectivity index (χ1) is 12.0. The number of aliphatic hydroxyl groups is 1. The van der Waals surface area contributed by atoms with Crippen LogP contribution in [0.4, 0.5) is 5.69 Å². The summed E-state index contributed by atoms with van der Waals surface area (Å²) in [6.45, 7) is 2.13. The van der Waals surface area contributed by atoms with Gasteiger partial charge in [0.05, 0.1) is 5.60 Å². The van der Waals surface area contributed by atoms with E-state index >= 15 is 0 Å². The van der Waals surface area contributed by atoms with Gasteiger partial charge in [0.15, 0.2) is 0 Å². The van der Waals surface area contributed by atoms with E-state index in [0.717, 1.165) is 24.8 Å². The molecule has 0 unspecified atom stereocenters. The average Bonchev–Trinajstić information content (AvgIpc) is 2.60. The molecule has 0 aromatic heterocycles. The predicted molar refractivity (Wildman–Crippen MR) is 96.7 cm³/mol. The number of carbonyl (C=O) groups is 2. The van der Waals surface area contributed by atoms with Crippen LogP contribution in [0.5, 0.6) is 0 Å². The molecule has 25 heavy (non-hydrogen) atoms. The van der Waals surface area contributed by atoms with Crippen LogP contribution in [0.1, 0.15) is 45.5 Å². The Labute approximate surface area is 147 Å². The molecule has 1 fully saturated rings. The van der Waals surface area contributed by atoms with Crippen LogP contribution in [0.15, 0.2) is 48.5 Å². The molecule has 0 radical (unpaired) electrons. The molecule has 1 aliphatic rings. The third-order valence-electron chi connectivity index (χ3n) is 4.65. The zero-order valence-electron chi connectivity index (χ0n) is 14.2. The van der Waals surface area contributed by atoms with Gasteiger partial charge >= 0.3 is 0 Å². The monoisotopic (exact) mass is 338 g/mol. The van der Waals surface area contributed by atoms with Gasteiger partial charge in [0, 0.05) is 23.4 Å². The lowest BCUT2D eigenvalue weighted by Crippen LogP contribution is -2.47. The van der Waals surface area contributed by atoms with Crippen LogP contribution >= 0.6 is 0 Å². The van der Waals surface area contributed by atoms with Crippen LogP contribution in [-0.2, 0) is 0 Å². The molecule has 2 aromatic carbocycles. The zero-order valence-corrected chi connectivity index (χ0v) is 14.2. The molecule has 0 heterocycles. The van der Waals surface area contributed by atoms with Crippen LogP contribution in [0, 0.1) is 6.92 Å². The van der Waals surface area contributed by atoms with E-state index in [-0.39, 0.29) is 18.4 Å². The summed E-state index contributed by atoms with van der Waals surface area (Å²) < 4.78 is 0. The van der Waals surface area contributed by atoms with Crippen molar-refractivity contribution in [1.29, 1.82) is 0 Å². The number of hydrogen-bond donors (Lipinski definition) is 3. The van der Waals surface area contributed by atoms with Crippen molar-refractivity contribution in [3.8, 4) is 0 Å². The number of nitrogens with one attached hydrogen (secondary N) is 2. The highest BCUT2D eigenvalue weighted by molar-refractivity contribution is 6.05. The van der Waals surface area contributed by atoms with Crippen LogP contribution < -0.4 is 10.6 Å². The summed E-state index contributed by atoms with van der Waals surface area (Å²) in [5.74, 6) is -0.472. The second kappa shape index (κ2) is 7.07. The van der Waals surface area contributed by atoms with E-state index in [1.54, 1.807) is 42.5 Å². The van der Waals surface area contributed by atoms with Gasteiger partial charge in [-0.2, -0.15) is 0 Å². The maximum absolute atomic E-state index is 12.3. The van der Waals surface area contributed by atoms with Crippen molar-refractivity contribution in [2.45, 2.75) is 31.8 Å². The summed E-state index contributed by atoms with van der Waals surface area (Å²) >= 11 is 0. The van der Waals surface area contributed by atoms with Gasteiger partial charge in [-0.3, -0.25) is 9.59 Å². The van der Waals surface area contributed by atoms with Crippen molar-refractivity contribution in [3.05, 3.63) is 65.2 Å². The summed E-state index contributed by atoms with van der Waals surface area (Å²) in [5.41, 5.74) is 1.73. The fourth-order valence-corrected chi connectivity index (χ4v) is 2.79. The first-order valence-electron chi connectivity index (χ1n) is 8.44. The number of anilines is 1. The second-order valence-electron chi connectivity index (χ2n) is 6.61. The van der Waals surface area contributed by atoms with Gasteiger partial charge < -0.3 is 15.7 Å². The summed E-state index contributed by atoms with van der Waals surface area (Å²) in [7, 11) is 0. The second-order valence-corrected chi connectivity index (χ2v) is 6.61. The van der Waals surface area contributed by atoms with Gasteiger partial charge in [-0.15, -0.1) is 0 Å². The van der Waals surface area contributed by atoms with Crippen LogP contribution in [-0.4, -0.2) is 29.1 Å². The largest absolute Gasteiger partial charge is 0.388 e. The van der Waals surface area contributed by atoms with E-state index in [9.17, 15) is 14.7 Å². The Kier molecular flexibility index (Phi) is 4.86. The Hall–Kier alpha value is -2.66. The molecular weight excluding hydrogens is 316 g/mol. The minimum atomic E-state index is -0.759. The molecular formula is C20H22N2O3. The first kappa shape index (κ1) is 17.2. The fourth-order valence-electron chi connectivity index (χ4n) is 2.79.